The van der Waals surface area contributed by atoms with E-state index in [-0.39, 0.29) is 5.69 Å². The van der Waals surface area contributed by atoms with Crippen LogP contribution in [-0.4, -0.2) is 4.98 Å². The van der Waals surface area contributed by atoms with Crippen molar-refractivity contribution in [3.63, 3.8) is 0 Å². The first-order valence-corrected chi connectivity index (χ1v) is 4.25. The van der Waals surface area contributed by atoms with Crippen LogP contribution in [-0.2, 0) is 6.18 Å². The van der Waals surface area contributed by atoms with Gasteiger partial charge in [0.1, 0.15) is 17.8 Å². The van der Waals surface area contributed by atoms with Gasteiger partial charge in [-0.05, 0) is 24.3 Å². The zero-order valence-corrected chi connectivity index (χ0v) is 7.75. The fourth-order valence-corrected chi connectivity index (χ4v) is 1.16. The van der Waals surface area contributed by atoms with Crippen molar-refractivity contribution in [3.05, 3.63) is 42.2 Å². The standard InChI is InChI=1S/C10H5F4NO/c11-7-3-1-6(2-4-7)8-5-16-9(15-8)10(12,13)14/h1-5H. The smallest absolute Gasteiger partial charge is 0.441 e. The lowest BCUT2D eigenvalue weighted by atomic mass is 10.2. The first-order chi connectivity index (χ1) is 7.47. The molecule has 84 valence electrons. The van der Waals surface area contributed by atoms with Crippen LogP contribution in [0.2, 0.25) is 0 Å². The highest BCUT2D eigenvalue weighted by atomic mass is 19.4. The summed E-state index contributed by atoms with van der Waals surface area (Å²) in [5.41, 5.74) is 0.382. The predicted octanol–water partition coefficient (Wildman–Crippen LogP) is 3.50. The number of oxazole rings is 1. The summed E-state index contributed by atoms with van der Waals surface area (Å²) in [6.45, 7) is 0. The third kappa shape index (κ3) is 2.05. The fourth-order valence-electron chi connectivity index (χ4n) is 1.16. The molecule has 2 nitrogen and oxygen atoms in total. The van der Waals surface area contributed by atoms with E-state index < -0.39 is 17.9 Å². The lowest BCUT2D eigenvalue weighted by Crippen LogP contribution is -2.04. The molecule has 1 heterocycles. The van der Waals surface area contributed by atoms with Gasteiger partial charge in [-0.2, -0.15) is 13.2 Å². The maximum Gasteiger partial charge on any atom is 0.468 e. The van der Waals surface area contributed by atoms with Crippen LogP contribution in [0.1, 0.15) is 5.89 Å². The van der Waals surface area contributed by atoms with Crippen molar-refractivity contribution in [2.75, 3.05) is 0 Å². The number of hydrogen-bond donors (Lipinski definition) is 0. The van der Waals surface area contributed by atoms with Gasteiger partial charge < -0.3 is 4.42 Å². The second-order valence-electron chi connectivity index (χ2n) is 3.04. The summed E-state index contributed by atoms with van der Waals surface area (Å²) in [4.78, 5) is 3.27. The molecule has 1 aromatic carbocycles. The van der Waals surface area contributed by atoms with Gasteiger partial charge in [0.05, 0.1) is 0 Å². The molecule has 1 aromatic heterocycles. The van der Waals surface area contributed by atoms with Gasteiger partial charge in [0.15, 0.2) is 0 Å². The van der Waals surface area contributed by atoms with Gasteiger partial charge in [-0.3, -0.25) is 0 Å². The van der Waals surface area contributed by atoms with Gasteiger partial charge in [-0.1, -0.05) is 0 Å². The Hall–Kier alpha value is -1.85. The van der Waals surface area contributed by atoms with Crippen LogP contribution < -0.4 is 0 Å². The molecule has 0 saturated carbocycles. The van der Waals surface area contributed by atoms with Crippen LogP contribution in [0.3, 0.4) is 0 Å². The Morgan fingerprint density at radius 3 is 2.19 bits per heavy atom. The van der Waals surface area contributed by atoms with Crippen molar-refractivity contribution < 1.29 is 22.0 Å². The summed E-state index contributed by atoms with van der Waals surface area (Å²) in [5, 5.41) is 0. The normalized spacial score (nSPS) is 11.8. The minimum Gasteiger partial charge on any atom is -0.441 e. The van der Waals surface area contributed by atoms with E-state index in [2.05, 4.69) is 9.40 Å². The summed E-state index contributed by atoms with van der Waals surface area (Å²) in [7, 11) is 0. The van der Waals surface area contributed by atoms with Gasteiger partial charge in [-0.15, -0.1) is 0 Å². The first-order valence-electron chi connectivity index (χ1n) is 4.25. The zero-order chi connectivity index (χ0) is 11.8. The third-order valence-electron chi connectivity index (χ3n) is 1.89. The molecule has 0 amide bonds. The summed E-state index contributed by atoms with van der Waals surface area (Å²) >= 11 is 0. The van der Waals surface area contributed by atoms with Crippen molar-refractivity contribution in [2.45, 2.75) is 6.18 Å². The summed E-state index contributed by atoms with van der Waals surface area (Å²) in [6.07, 6.45) is -3.73. The highest BCUT2D eigenvalue weighted by Crippen LogP contribution is 2.30. The van der Waals surface area contributed by atoms with E-state index in [1.54, 1.807) is 0 Å². The molecular weight excluding hydrogens is 226 g/mol. The minimum absolute atomic E-state index is 0.0207. The highest BCUT2D eigenvalue weighted by Gasteiger charge is 2.37. The fraction of sp³-hybridized carbons (Fsp3) is 0.100. The molecule has 0 atom stereocenters. The number of rotatable bonds is 1. The molecule has 0 spiro atoms. The van der Waals surface area contributed by atoms with Gasteiger partial charge in [0.25, 0.3) is 0 Å². The van der Waals surface area contributed by atoms with Crippen LogP contribution >= 0.6 is 0 Å². The van der Waals surface area contributed by atoms with Crippen molar-refractivity contribution >= 4 is 0 Å². The Kier molecular flexibility index (Phi) is 2.41. The maximum atomic E-state index is 12.6. The molecular formula is C10H5F4NO. The molecule has 2 aromatic rings. The van der Waals surface area contributed by atoms with Gasteiger partial charge >= 0.3 is 12.1 Å². The monoisotopic (exact) mass is 231 g/mol. The largest absolute Gasteiger partial charge is 0.468 e. The van der Waals surface area contributed by atoms with E-state index in [0.717, 1.165) is 18.4 Å². The molecule has 0 saturated heterocycles. The Bertz CT molecular complexity index is 486. The van der Waals surface area contributed by atoms with Crippen molar-refractivity contribution in [2.24, 2.45) is 0 Å². The van der Waals surface area contributed by atoms with Crippen molar-refractivity contribution in [1.29, 1.82) is 0 Å². The maximum absolute atomic E-state index is 12.6. The number of benzene rings is 1. The Labute approximate surface area is 87.5 Å². The Balaban J connectivity index is 2.35. The van der Waals surface area contributed by atoms with E-state index in [0.29, 0.717) is 5.56 Å². The number of alkyl halides is 3. The van der Waals surface area contributed by atoms with Gasteiger partial charge in [0, 0.05) is 5.56 Å². The second kappa shape index (κ2) is 3.62. The van der Waals surface area contributed by atoms with E-state index >= 15 is 0 Å². The van der Waals surface area contributed by atoms with E-state index in [1.807, 2.05) is 0 Å². The summed E-state index contributed by atoms with van der Waals surface area (Å²) in [5.74, 6) is -1.78. The second-order valence-corrected chi connectivity index (χ2v) is 3.04. The van der Waals surface area contributed by atoms with Gasteiger partial charge in [0.2, 0.25) is 0 Å². The molecule has 16 heavy (non-hydrogen) atoms. The topological polar surface area (TPSA) is 26.0 Å². The highest BCUT2D eigenvalue weighted by molar-refractivity contribution is 5.57. The van der Waals surface area contributed by atoms with E-state index in [9.17, 15) is 17.6 Å². The van der Waals surface area contributed by atoms with E-state index in [4.69, 9.17) is 0 Å². The molecule has 0 aliphatic rings. The molecule has 0 N–H and O–H groups in total. The van der Waals surface area contributed by atoms with Crippen molar-refractivity contribution in [1.82, 2.24) is 4.98 Å². The quantitative estimate of drug-likeness (QED) is 0.702. The number of hydrogen-bond acceptors (Lipinski definition) is 2. The molecule has 6 heteroatoms. The average Bonchev–Trinajstić information content (AvgIpc) is 2.67. The summed E-state index contributed by atoms with van der Waals surface area (Å²) in [6, 6.07) is 4.93. The van der Waals surface area contributed by atoms with Crippen LogP contribution in [0.5, 0.6) is 0 Å². The molecule has 0 aliphatic carbocycles. The third-order valence-corrected chi connectivity index (χ3v) is 1.89. The Morgan fingerprint density at radius 1 is 1.06 bits per heavy atom. The average molecular weight is 231 g/mol. The molecule has 0 bridgehead atoms. The van der Waals surface area contributed by atoms with Crippen LogP contribution in [0.25, 0.3) is 11.3 Å². The molecule has 0 unspecified atom stereocenters. The predicted molar refractivity (Wildman–Crippen MR) is 46.9 cm³/mol. The lowest BCUT2D eigenvalue weighted by molar-refractivity contribution is -0.157. The molecule has 0 fully saturated rings. The van der Waals surface area contributed by atoms with Crippen LogP contribution in [0, 0.1) is 5.82 Å². The number of nitrogens with zero attached hydrogens (tertiary/aromatic N) is 1. The van der Waals surface area contributed by atoms with Crippen LogP contribution in [0.4, 0.5) is 17.6 Å². The number of aromatic nitrogens is 1. The lowest BCUT2D eigenvalue weighted by Gasteiger charge is -1.98. The first kappa shape index (κ1) is 10.7. The van der Waals surface area contributed by atoms with E-state index in [1.165, 1.54) is 12.1 Å². The van der Waals surface area contributed by atoms with Gasteiger partial charge in [-0.25, -0.2) is 9.37 Å². The molecule has 0 radical (unpaired) electrons. The Morgan fingerprint density at radius 2 is 1.69 bits per heavy atom. The molecule has 2 rings (SSSR count). The molecule has 0 aliphatic heterocycles. The zero-order valence-electron chi connectivity index (χ0n) is 7.75. The van der Waals surface area contributed by atoms with Crippen LogP contribution in [0.15, 0.2) is 34.9 Å². The van der Waals surface area contributed by atoms with Crippen molar-refractivity contribution in [3.8, 4) is 11.3 Å². The summed E-state index contributed by atoms with van der Waals surface area (Å²) < 4.78 is 53.4. The number of halogens is 4. The minimum atomic E-state index is -4.61. The SMILES string of the molecule is Fc1ccc(-c2coc(C(F)(F)F)n2)cc1.